The lowest BCUT2D eigenvalue weighted by Gasteiger charge is -2.12. The number of benzene rings is 2. The second-order valence-corrected chi connectivity index (χ2v) is 7.46. The van der Waals surface area contributed by atoms with Crippen molar-refractivity contribution in [3.05, 3.63) is 71.8 Å². The molecule has 2 heterocycles. The van der Waals surface area contributed by atoms with Crippen LogP contribution in [0.3, 0.4) is 0 Å². The summed E-state index contributed by atoms with van der Waals surface area (Å²) >= 11 is 0. The van der Waals surface area contributed by atoms with Gasteiger partial charge in [-0.25, -0.2) is 19.1 Å². The quantitative estimate of drug-likeness (QED) is 0.360. The van der Waals surface area contributed by atoms with Crippen LogP contribution in [0.2, 0.25) is 0 Å². The first-order chi connectivity index (χ1) is 15.8. The van der Waals surface area contributed by atoms with Crippen molar-refractivity contribution in [2.45, 2.75) is 19.4 Å². The zero-order chi connectivity index (χ0) is 23.5. The fraction of sp³-hybridized carbons (Fsp3) is 0.182. The number of nitrogens with zero attached hydrogens (tertiary/aromatic N) is 6. The van der Waals surface area contributed by atoms with E-state index in [1.807, 2.05) is 43.3 Å². The van der Waals surface area contributed by atoms with E-state index in [0.29, 0.717) is 17.2 Å². The molecular formula is C22H22N8O3. The van der Waals surface area contributed by atoms with Crippen LogP contribution in [0.4, 0.5) is 5.69 Å². The van der Waals surface area contributed by atoms with Crippen molar-refractivity contribution in [1.29, 1.82) is 0 Å². The zero-order valence-corrected chi connectivity index (χ0v) is 18.0. The standard InChI is InChI=1S/C22H22N8O3/c1-13-16(23)9-6-10-18(13)30-12-15(26-28-30)11-17(22(32)33)24-21(31)20-25-19(27-29(20)2)14-7-4-3-5-8-14/h3-10,12,17H,11,23H2,1-2H3,(H,24,31)(H,32,33). The number of carbonyl (C=O) groups is 2. The average molecular weight is 446 g/mol. The first-order valence-electron chi connectivity index (χ1n) is 10.1. The fourth-order valence-electron chi connectivity index (χ4n) is 3.32. The van der Waals surface area contributed by atoms with E-state index in [0.717, 1.165) is 16.8 Å². The van der Waals surface area contributed by atoms with Crippen molar-refractivity contribution in [3.63, 3.8) is 0 Å². The molecule has 2 aromatic heterocycles. The van der Waals surface area contributed by atoms with Gasteiger partial charge in [0.25, 0.3) is 5.91 Å². The summed E-state index contributed by atoms with van der Waals surface area (Å²) in [6.45, 7) is 1.86. The van der Waals surface area contributed by atoms with Crippen LogP contribution in [0.15, 0.2) is 54.7 Å². The number of aromatic nitrogens is 6. The number of amides is 1. The van der Waals surface area contributed by atoms with Crippen molar-refractivity contribution in [2.75, 3.05) is 5.73 Å². The third-order valence-corrected chi connectivity index (χ3v) is 5.15. The maximum Gasteiger partial charge on any atom is 0.326 e. The molecule has 11 heteroatoms. The van der Waals surface area contributed by atoms with E-state index in [4.69, 9.17) is 5.73 Å². The van der Waals surface area contributed by atoms with Crippen molar-refractivity contribution in [2.24, 2.45) is 7.05 Å². The minimum atomic E-state index is -1.23. The van der Waals surface area contributed by atoms with Gasteiger partial charge in [0, 0.05) is 24.7 Å². The van der Waals surface area contributed by atoms with Crippen LogP contribution in [0.25, 0.3) is 17.1 Å². The molecule has 4 N–H and O–H groups in total. The third-order valence-electron chi connectivity index (χ3n) is 5.15. The van der Waals surface area contributed by atoms with Crippen molar-refractivity contribution in [3.8, 4) is 17.1 Å². The molecule has 1 unspecified atom stereocenters. The Morgan fingerprint density at radius 2 is 1.91 bits per heavy atom. The molecule has 1 amide bonds. The van der Waals surface area contributed by atoms with E-state index < -0.39 is 17.9 Å². The lowest BCUT2D eigenvalue weighted by atomic mass is 10.1. The predicted molar refractivity (Wildman–Crippen MR) is 120 cm³/mol. The monoisotopic (exact) mass is 446 g/mol. The molecule has 0 radical (unpaired) electrons. The number of hydrogen-bond donors (Lipinski definition) is 3. The first-order valence-corrected chi connectivity index (χ1v) is 10.1. The van der Waals surface area contributed by atoms with E-state index in [2.05, 4.69) is 25.7 Å². The van der Waals surface area contributed by atoms with Gasteiger partial charge < -0.3 is 16.2 Å². The highest BCUT2D eigenvalue weighted by Gasteiger charge is 2.25. The fourth-order valence-corrected chi connectivity index (χ4v) is 3.32. The molecule has 0 spiro atoms. The van der Waals surface area contributed by atoms with Gasteiger partial charge in [-0.2, -0.15) is 5.10 Å². The maximum absolute atomic E-state index is 12.8. The van der Waals surface area contributed by atoms with Crippen LogP contribution in [0, 0.1) is 6.92 Å². The van der Waals surface area contributed by atoms with E-state index in [1.54, 1.807) is 25.4 Å². The number of rotatable bonds is 7. The third kappa shape index (κ3) is 4.56. The molecule has 0 aliphatic carbocycles. The molecule has 0 fully saturated rings. The number of aryl methyl sites for hydroxylation is 1. The molecule has 4 rings (SSSR count). The van der Waals surface area contributed by atoms with Gasteiger partial charge in [-0.3, -0.25) is 4.79 Å². The van der Waals surface area contributed by atoms with Crippen LogP contribution in [0.5, 0.6) is 0 Å². The molecule has 0 saturated carbocycles. The number of anilines is 1. The number of nitrogens with two attached hydrogens (primary N) is 1. The second kappa shape index (κ2) is 8.91. The predicted octanol–water partition coefficient (Wildman–Crippen LogP) is 1.38. The molecule has 0 bridgehead atoms. The highest BCUT2D eigenvalue weighted by atomic mass is 16.4. The van der Waals surface area contributed by atoms with Crippen molar-refractivity contribution in [1.82, 2.24) is 35.1 Å². The Morgan fingerprint density at radius 3 is 2.64 bits per heavy atom. The Labute approximate surface area is 188 Å². The minimum Gasteiger partial charge on any atom is -0.480 e. The Kier molecular flexibility index (Phi) is 5.85. The molecule has 0 aliphatic heterocycles. The van der Waals surface area contributed by atoms with Crippen molar-refractivity contribution >= 4 is 17.6 Å². The second-order valence-electron chi connectivity index (χ2n) is 7.46. The van der Waals surface area contributed by atoms with Gasteiger partial charge >= 0.3 is 5.97 Å². The van der Waals surface area contributed by atoms with Crippen LogP contribution in [-0.2, 0) is 18.3 Å². The van der Waals surface area contributed by atoms with E-state index in [9.17, 15) is 14.7 Å². The Hall–Kier alpha value is -4.54. The van der Waals surface area contributed by atoms with Crippen LogP contribution in [-0.4, -0.2) is 52.8 Å². The van der Waals surface area contributed by atoms with E-state index >= 15 is 0 Å². The molecular weight excluding hydrogens is 424 g/mol. The summed E-state index contributed by atoms with van der Waals surface area (Å²) < 4.78 is 2.84. The molecule has 11 nitrogen and oxygen atoms in total. The van der Waals surface area contributed by atoms with Gasteiger partial charge in [0.2, 0.25) is 5.82 Å². The van der Waals surface area contributed by atoms with Crippen LogP contribution < -0.4 is 11.1 Å². The molecule has 0 saturated heterocycles. The Balaban J connectivity index is 1.51. The SMILES string of the molecule is Cc1c(N)cccc1-n1cc(CC(NC(=O)c2nc(-c3ccccc3)nn2C)C(=O)O)nn1. The summed E-state index contributed by atoms with van der Waals surface area (Å²) in [7, 11) is 1.57. The number of aliphatic carboxylic acids is 1. The largest absolute Gasteiger partial charge is 0.480 e. The molecule has 4 aromatic rings. The molecule has 0 aliphatic rings. The Morgan fingerprint density at radius 1 is 1.15 bits per heavy atom. The average Bonchev–Trinajstić information content (AvgIpc) is 3.42. The highest BCUT2D eigenvalue weighted by Crippen LogP contribution is 2.19. The van der Waals surface area contributed by atoms with Crippen molar-refractivity contribution < 1.29 is 14.7 Å². The molecule has 2 aromatic carbocycles. The number of carbonyl (C=O) groups excluding carboxylic acids is 1. The topological polar surface area (TPSA) is 154 Å². The lowest BCUT2D eigenvalue weighted by molar-refractivity contribution is -0.139. The number of carboxylic acids is 1. The summed E-state index contributed by atoms with van der Waals surface area (Å²) in [6, 6.07) is 13.4. The van der Waals surface area contributed by atoms with Crippen LogP contribution >= 0.6 is 0 Å². The number of nitrogens with one attached hydrogen (secondary N) is 1. The Bertz CT molecular complexity index is 1310. The summed E-state index contributed by atoms with van der Waals surface area (Å²) in [5.74, 6) is -1.49. The van der Waals surface area contributed by atoms with Gasteiger partial charge in [-0.15, -0.1) is 5.10 Å². The molecule has 168 valence electrons. The summed E-state index contributed by atoms with van der Waals surface area (Å²) in [6.07, 6.45) is 1.55. The minimum absolute atomic E-state index is 0.000794. The lowest BCUT2D eigenvalue weighted by Crippen LogP contribution is -2.43. The van der Waals surface area contributed by atoms with E-state index in [-0.39, 0.29) is 12.2 Å². The molecule has 1 atom stereocenters. The number of carboxylic acid groups (broad SMARTS) is 1. The normalized spacial score (nSPS) is 11.8. The maximum atomic E-state index is 12.8. The smallest absolute Gasteiger partial charge is 0.326 e. The van der Waals surface area contributed by atoms with E-state index in [1.165, 1.54) is 9.36 Å². The first kappa shape index (κ1) is 21.7. The molecule has 33 heavy (non-hydrogen) atoms. The highest BCUT2D eigenvalue weighted by molar-refractivity contribution is 5.94. The van der Waals surface area contributed by atoms with Gasteiger partial charge in [0.1, 0.15) is 6.04 Å². The van der Waals surface area contributed by atoms with Gasteiger partial charge in [0.15, 0.2) is 5.82 Å². The summed E-state index contributed by atoms with van der Waals surface area (Å²) in [5.41, 5.74) is 9.26. The van der Waals surface area contributed by atoms with Gasteiger partial charge in [0.05, 0.1) is 17.6 Å². The van der Waals surface area contributed by atoms with Crippen LogP contribution in [0.1, 0.15) is 21.9 Å². The summed E-state index contributed by atoms with van der Waals surface area (Å²) in [5, 5.41) is 24.5. The number of nitrogen functional groups attached to an aromatic ring is 1. The zero-order valence-electron chi connectivity index (χ0n) is 18.0. The van der Waals surface area contributed by atoms with Gasteiger partial charge in [-0.05, 0) is 24.6 Å². The number of hydrogen-bond acceptors (Lipinski definition) is 7. The van der Waals surface area contributed by atoms with Gasteiger partial charge in [-0.1, -0.05) is 41.6 Å². The summed E-state index contributed by atoms with van der Waals surface area (Å²) in [4.78, 5) is 28.9.